The molecular formula is C18H18N6O. The molecule has 7 nitrogen and oxygen atoms in total. The smallest absolute Gasteiger partial charge is 0.231 e. The minimum absolute atomic E-state index is 0.498. The van der Waals surface area contributed by atoms with E-state index < -0.39 is 0 Å². The molecule has 0 N–H and O–H groups in total. The number of hydrogen-bond acceptors (Lipinski definition) is 5. The molecule has 3 aromatic heterocycles. The van der Waals surface area contributed by atoms with Crippen LogP contribution in [0.5, 0.6) is 0 Å². The van der Waals surface area contributed by atoms with Gasteiger partial charge in [0.15, 0.2) is 5.82 Å². The lowest BCUT2D eigenvalue weighted by Gasteiger charge is -2.04. The van der Waals surface area contributed by atoms with Crippen molar-refractivity contribution in [3.63, 3.8) is 0 Å². The van der Waals surface area contributed by atoms with Gasteiger partial charge in [-0.3, -0.25) is 4.68 Å². The van der Waals surface area contributed by atoms with Crippen molar-refractivity contribution in [1.29, 1.82) is 0 Å². The van der Waals surface area contributed by atoms with Crippen molar-refractivity contribution in [1.82, 2.24) is 29.7 Å². The molecular weight excluding hydrogens is 316 g/mol. The Balaban J connectivity index is 1.57. The molecule has 3 heterocycles. The molecule has 4 rings (SSSR count). The number of nitrogens with zero attached hydrogens (tertiary/aromatic N) is 6. The SMILES string of the molecule is Cc1nn(-c2ccccc2)c(C)c1Cc1nc(Cn2cccn2)no1. The summed E-state index contributed by atoms with van der Waals surface area (Å²) in [7, 11) is 0. The van der Waals surface area contributed by atoms with E-state index in [9.17, 15) is 0 Å². The average Bonchev–Trinajstić information content (AvgIpc) is 3.35. The first kappa shape index (κ1) is 15.3. The molecule has 0 spiro atoms. The highest BCUT2D eigenvalue weighted by molar-refractivity contribution is 5.37. The summed E-state index contributed by atoms with van der Waals surface area (Å²) in [6.45, 7) is 4.56. The lowest BCUT2D eigenvalue weighted by atomic mass is 10.1. The second-order valence-electron chi connectivity index (χ2n) is 5.88. The van der Waals surface area contributed by atoms with Crippen molar-refractivity contribution >= 4 is 0 Å². The van der Waals surface area contributed by atoms with Crippen LogP contribution in [0.3, 0.4) is 0 Å². The van der Waals surface area contributed by atoms with E-state index >= 15 is 0 Å². The van der Waals surface area contributed by atoms with Crippen molar-refractivity contribution < 1.29 is 4.52 Å². The highest BCUT2D eigenvalue weighted by Gasteiger charge is 2.16. The first-order chi connectivity index (χ1) is 12.2. The van der Waals surface area contributed by atoms with Crippen molar-refractivity contribution in [2.45, 2.75) is 26.8 Å². The van der Waals surface area contributed by atoms with Crippen LogP contribution in [0, 0.1) is 13.8 Å². The normalized spacial score (nSPS) is 11.1. The lowest BCUT2D eigenvalue weighted by Crippen LogP contribution is -2.02. The van der Waals surface area contributed by atoms with Gasteiger partial charge in [0.1, 0.15) is 6.54 Å². The Bertz CT molecular complexity index is 969. The van der Waals surface area contributed by atoms with Crippen LogP contribution in [0.2, 0.25) is 0 Å². The molecule has 0 saturated carbocycles. The molecule has 0 bridgehead atoms. The highest BCUT2D eigenvalue weighted by atomic mass is 16.5. The van der Waals surface area contributed by atoms with Crippen molar-refractivity contribution in [3.05, 3.63) is 77.5 Å². The van der Waals surface area contributed by atoms with E-state index in [0.717, 1.165) is 22.6 Å². The molecule has 0 aliphatic carbocycles. The Morgan fingerprint density at radius 1 is 1.08 bits per heavy atom. The molecule has 4 aromatic rings. The molecule has 0 radical (unpaired) electrons. The molecule has 1 aromatic carbocycles. The van der Waals surface area contributed by atoms with E-state index in [2.05, 4.69) is 27.3 Å². The average molecular weight is 334 g/mol. The zero-order valence-corrected chi connectivity index (χ0v) is 14.1. The molecule has 0 aliphatic rings. The van der Waals surface area contributed by atoms with E-state index in [0.29, 0.717) is 24.7 Å². The summed E-state index contributed by atoms with van der Waals surface area (Å²) < 4.78 is 9.12. The maximum atomic E-state index is 5.40. The van der Waals surface area contributed by atoms with Crippen LogP contribution in [-0.4, -0.2) is 29.7 Å². The minimum atomic E-state index is 0.498. The maximum Gasteiger partial charge on any atom is 0.231 e. The number of aryl methyl sites for hydroxylation is 1. The first-order valence-electron chi connectivity index (χ1n) is 8.10. The zero-order chi connectivity index (χ0) is 17.2. The monoisotopic (exact) mass is 334 g/mol. The van der Waals surface area contributed by atoms with Gasteiger partial charge in [0, 0.05) is 23.7 Å². The summed E-state index contributed by atoms with van der Waals surface area (Å²) in [5.41, 5.74) is 4.20. The number of aromatic nitrogens is 6. The minimum Gasteiger partial charge on any atom is -0.339 e. The van der Waals surface area contributed by atoms with Crippen LogP contribution in [0.15, 0.2) is 53.3 Å². The molecule has 126 valence electrons. The van der Waals surface area contributed by atoms with Gasteiger partial charge in [-0.25, -0.2) is 4.68 Å². The largest absolute Gasteiger partial charge is 0.339 e. The number of hydrogen-bond donors (Lipinski definition) is 0. The molecule has 0 fully saturated rings. The number of benzene rings is 1. The molecule has 0 aliphatic heterocycles. The summed E-state index contributed by atoms with van der Waals surface area (Å²) in [6.07, 6.45) is 4.16. The van der Waals surface area contributed by atoms with Gasteiger partial charge in [0.25, 0.3) is 0 Å². The van der Waals surface area contributed by atoms with Gasteiger partial charge in [-0.05, 0) is 32.0 Å². The highest BCUT2D eigenvalue weighted by Crippen LogP contribution is 2.20. The molecule has 0 atom stereocenters. The molecule has 7 heteroatoms. The maximum absolute atomic E-state index is 5.40. The van der Waals surface area contributed by atoms with Gasteiger partial charge >= 0.3 is 0 Å². The molecule has 0 amide bonds. The van der Waals surface area contributed by atoms with Crippen molar-refractivity contribution in [2.24, 2.45) is 0 Å². The second-order valence-corrected chi connectivity index (χ2v) is 5.88. The van der Waals surface area contributed by atoms with Gasteiger partial charge < -0.3 is 4.52 Å². The summed E-state index contributed by atoms with van der Waals surface area (Å²) >= 11 is 0. The van der Waals surface area contributed by atoms with E-state index in [1.165, 1.54) is 0 Å². The van der Waals surface area contributed by atoms with Gasteiger partial charge in [-0.1, -0.05) is 23.4 Å². The molecule has 25 heavy (non-hydrogen) atoms. The Kier molecular flexibility index (Phi) is 3.89. The van der Waals surface area contributed by atoms with E-state index in [-0.39, 0.29) is 0 Å². The quantitative estimate of drug-likeness (QED) is 0.561. The Morgan fingerprint density at radius 3 is 2.68 bits per heavy atom. The summed E-state index contributed by atoms with van der Waals surface area (Å²) in [6, 6.07) is 12.0. The zero-order valence-electron chi connectivity index (χ0n) is 14.1. The lowest BCUT2D eigenvalue weighted by molar-refractivity contribution is 0.377. The van der Waals surface area contributed by atoms with Gasteiger partial charge in [0.05, 0.1) is 17.8 Å². The Morgan fingerprint density at radius 2 is 1.92 bits per heavy atom. The van der Waals surface area contributed by atoms with Crippen molar-refractivity contribution in [2.75, 3.05) is 0 Å². The fourth-order valence-electron chi connectivity index (χ4n) is 2.87. The molecule has 0 unspecified atom stereocenters. The molecule has 0 saturated heterocycles. The standard InChI is InChI=1S/C18H18N6O/c1-13-16(14(2)24(21-13)15-7-4-3-5-8-15)11-18-20-17(22-25-18)12-23-10-6-9-19-23/h3-10H,11-12H2,1-2H3. The third kappa shape index (κ3) is 3.08. The summed E-state index contributed by atoms with van der Waals surface area (Å²) in [4.78, 5) is 4.47. The van der Waals surface area contributed by atoms with E-state index in [1.807, 2.05) is 54.2 Å². The van der Waals surface area contributed by atoms with Gasteiger partial charge in [0.2, 0.25) is 5.89 Å². The van der Waals surface area contributed by atoms with E-state index in [1.54, 1.807) is 10.9 Å². The third-order valence-electron chi connectivity index (χ3n) is 4.14. The predicted octanol–water partition coefficient (Wildman–Crippen LogP) is 2.71. The fraction of sp³-hybridized carbons (Fsp3) is 0.222. The first-order valence-corrected chi connectivity index (χ1v) is 8.10. The van der Waals surface area contributed by atoms with E-state index in [4.69, 9.17) is 4.52 Å². The predicted molar refractivity (Wildman–Crippen MR) is 91.5 cm³/mol. The van der Waals surface area contributed by atoms with Gasteiger partial charge in [-0.15, -0.1) is 0 Å². The Labute approximate surface area is 144 Å². The van der Waals surface area contributed by atoms with Crippen molar-refractivity contribution in [3.8, 4) is 5.69 Å². The second kappa shape index (κ2) is 6.35. The third-order valence-corrected chi connectivity index (χ3v) is 4.14. The van der Waals surface area contributed by atoms with Gasteiger partial charge in [-0.2, -0.15) is 15.2 Å². The topological polar surface area (TPSA) is 74.6 Å². The van der Waals surface area contributed by atoms with Crippen LogP contribution in [0.1, 0.15) is 28.7 Å². The summed E-state index contributed by atoms with van der Waals surface area (Å²) in [5.74, 6) is 1.20. The Hall–Kier alpha value is -3.22. The summed E-state index contributed by atoms with van der Waals surface area (Å²) in [5, 5.41) is 12.8. The van der Waals surface area contributed by atoms with Crippen LogP contribution in [0.25, 0.3) is 5.69 Å². The van der Waals surface area contributed by atoms with Crippen LogP contribution >= 0.6 is 0 Å². The van der Waals surface area contributed by atoms with Crippen LogP contribution in [0.4, 0.5) is 0 Å². The number of para-hydroxylation sites is 1. The fourth-order valence-corrected chi connectivity index (χ4v) is 2.87. The van der Waals surface area contributed by atoms with Crippen LogP contribution < -0.4 is 0 Å². The number of rotatable bonds is 5. The van der Waals surface area contributed by atoms with Crippen LogP contribution in [-0.2, 0) is 13.0 Å².